The molecule has 0 atom stereocenters. The van der Waals surface area contributed by atoms with E-state index in [1.54, 1.807) is 0 Å². The van der Waals surface area contributed by atoms with E-state index < -0.39 is 0 Å². The number of aromatic nitrogens is 6. The molecule has 14 aromatic carbocycles. The molecule has 7 aromatic heterocycles. The quantitative estimate of drug-likeness (QED) is 0.152. The summed E-state index contributed by atoms with van der Waals surface area (Å²) in [6.45, 7) is 0. The molecule has 0 N–H and O–H groups in total. The molecule has 0 unspecified atom stereocenters. The van der Waals surface area contributed by atoms with E-state index >= 15 is 0 Å². The first-order valence-corrected chi connectivity index (χ1v) is 34.8. The topological polar surface area (TPSA) is 53.5 Å². The minimum atomic E-state index is 0.531. The minimum absolute atomic E-state index is 0.531. The fourth-order valence-corrected chi connectivity index (χ4v) is 18.4. The highest BCUT2D eigenvalue weighted by Crippen LogP contribution is 2.44. The zero-order valence-corrected chi connectivity index (χ0v) is 53.7. The lowest BCUT2D eigenvalue weighted by molar-refractivity contribution is 0.893. The van der Waals surface area contributed by atoms with Crippen molar-refractivity contribution >= 4 is 160 Å². The predicted octanol–water partition coefficient (Wildman–Crippen LogP) is 24.6. The number of hydrogen-bond acceptors (Lipinski definition) is 6. The summed E-state index contributed by atoms with van der Waals surface area (Å²) in [5.74, 6) is 1.63. The summed E-state index contributed by atoms with van der Waals surface area (Å²) < 4.78 is 14.7. The molecule has 446 valence electrons. The summed E-state index contributed by atoms with van der Waals surface area (Å²) in [6.07, 6.45) is 0. The monoisotopic (exact) mass is 1270 g/mol. The third-order valence-corrected chi connectivity index (χ3v) is 23.2. The van der Waals surface area contributed by atoms with Crippen molar-refractivity contribution in [3.8, 4) is 73.5 Å². The van der Waals surface area contributed by atoms with Crippen LogP contribution in [0, 0.1) is 0 Å². The lowest BCUT2D eigenvalue weighted by Crippen LogP contribution is -2.10. The van der Waals surface area contributed by atoms with Gasteiger partial charge in [0, 0.05) is 104 Å². The molecule has 9 heteroatoms. The minimum Gasteiger partial charge on any atom is -0.309 e. The van der Waals surface area contributed by atoms with E-state index in [-0.39, 0.29) is 0 Å². The lowest BCUT2D eigenvalue weighted by atomic mass is 10.0. The molecule has 0 amide bonds. The Hall–Kier alpha value is -11.9. The molecule has 0 saturated carbocycles. The Morgan fingerprint density at radius 3 is 0.875 bits per heavy atom. The van der Waals surface area contributed by atoms with Crippen LogP contribution in [0.5, 0.6) is 0 Å². The lowest BCUT2D eigenvalue weighted by Gasteiger charge is -2.14. The summed E-state index contributed by atoms with van der Waals surface area (Å²) in [5, 5.41) is 14.7. The van der Waals surface area contributed by atoms with E-state index in [0.29, 0.717) is 17.7 Å². The van der Waals surface area contributed by atoms with Crippen LogP contribution in [0.2, 0.25) is 0 Å². The van der Waals surface area contributed by atoms with Crippen molar-refractivity contribution < 1.29 is 0 Å². The van der Waals surface area contributed by atoms with E-state index in [1.165, 1.54) is 93.4 Å². The van der Waals surface area contributed by atoms with E-state index in [2.05, 4.69) is 317 Å². The van der Waals surface area contributed by atoms with Crippen LogP contribution in [0.15, 0.2) is 303 Å². The molecule has 7 heterocycles. The van der Waals surface area contributed by atoms with E-state index in [1.807, 2.05) is 34.0 Å². The molecular formula is C87H50N6S3. The van der Waals surface area contributed by atoms with Crippen molar-refractivity contribution in [1.29, 1.82) is 0 Å². The Labute approximate surface area is 561 Å². The van der Waals surface area contributed by atoms with Crippen LogP contribution in [-0.2, 0) is 0 Å². The Bertz CT molecular complexity index is 6590. The van der Waals surface area contributed by atoms with Crippen molar-refractivity contribution in [2.24, 2.45) is 0 Å². The Morgan fingerprint density at radius 2 is 0.469 bits per heavy atom. The first-order chi connectivity index (χ1) is 47.5. The van der Waals surface area contributed by atoms with E-state index in [0.717, 1.165) is 88.2 Å². The molecule has 6 nitrogen and oxygen atoms in total. The highest BCUT2D eigenvalue weighted by Gasteiger charge is 2.23. The normalized spacial score (nSPS) is 12.2. The summed E-state index contributed by atoms with van der Waals surface area (Å²) in [4.78, 5) is 16.8. The van der Waals surface area contributed by atoms with Gasteiger partial charge in [0.25, 0.3) is 0 Å². The third kappa shape index (κ3) is 8.25. The zero-order valence-electron chi connectivity index (χ0n) is 51.3. The maximum atomic E-state index is 5.66. The fraction of sp³-hybridized carbons (Fsp3) is 0. The molecule has 0 aliphatic carbocycles. The van der Waals surface area contributed by atoms with Crippen LogP contribution in [0.25, 0.3) is 199 Å². The maximum Gasteiger partial charge on any atom is 0.240 e. The number of rotatable bonds is 8. The highest BCUT2D eigenvalue weighted by atomic mass is 32.1. The van der Waals surface area contributed by atoms with E-state index in [9.17, 15) is 0 Å². The number of benzene rings is 14. The van der Waals surface area contributed by atoms with Gasteiger partial charge in [-0.25, -0.2) is 0 Å². The fourth-order valence-electron chi connectivity index (χ4n) is 15.2. The molecule has 0 radical (unpaired) electrons. The third-order valence-electron chi connectivity index (χ3n) is 19.8. The Kier molecular flexibility index (Phi) is 11.6. The predicted molar refractivity (Wildman–Crippen MR) is 409 cm³/mol. The molecule has 0 saturated heterocycles. The molecule has 0 bridgehead atoms. The summed E-state index contributed by atoms with van der Waals surface area (Å²) in [6, 6.07) is 111. The van der Waals surface area contributed by atoms with Gasteiger partial charge >= 0.3 is 0 Å². The first-order valence-electron chi connectivity index (χ1n) is 32.4. The molecule has 21 rings (SSSR count). The van der Waals surface area contributed by atoms with Crippen LogP contribution >= 0.6 is 34.0 Å². The number of thiophene rings is 3. The number of hydrogen-bond donors (Lipinski definition) is 0. The molecule has 0 fully saturated rings. The van der Waals surface area contributed by atoms with Gasteiger partial charge in [0.05, 0.1) is 33.1 Å². The van der Waals surface area contributed by atoms with Crippen molar-refractivity contribution in [3.05, 3.63) is 303 Å². The molecule has 0 spiro atoms. The molecule has 21 aromatic rings. The Balaban J connectivity index is 0.710. The SMILES string of the molecule is c1ccc2c(c1)sc1ccc(-c3ccc4c5ccccc5n(-c5ccc(-c6ccc(-c7nc(-n8c9ccccc9c9ccc(-c%10ccc%11sc%12ccccc%12c%11c%10)cc98)nc(-n8c9ccccc9c9ccc(-c%10ccc%11sc%12ccccc%12c%11c%10)cc98)n7)cc6)cc5)c4c3)cc12. The summed E-state index contributed by atoms with van der Waals surface area (Å²) in [5.41, 5.74) is 17.5. The standard InChI is InChI=1S/C87H50N6S3/c1-7-19-73-61(13-1)64-39-31-57(54-34-42-82-70(45-54)67-16-4-10-22-79(67)94-82)48-76(64)91(73)60-37-29-52(30-38-60)51-25-27-53(28-26-51)85-88-86(92-74-20-8-2-14-62(74)65-40-32-58(49-77(65)92)55-35-43-83-71(46-55)68-17-5-11-23-80(68)95-83)90-87(89-85)93-75-21-9-3-15-63(75)66-41-33-59(50-78(66)93)56-36-44-84-72(47-56)69-18-6-12-24-81(69)96-84/h1-50H. The van der Waals surface area contributed by atoms with Gasteiger partial charge in [-0.3, -0.25) is 9.13 Å². The van der Waals surface area contributed by atoms with Crippen LogP contribution in [0.1, 0.15) is 0 Å². The maximum absolute atomic E-state index is 5.66. The van der Waals surface area contributed by atoms with Crippen molar-refractivity contribution in [2.75, 3.05) is 0 Å². The second-order valence-electron chi connectivity index (χ2n) is 25.1. The van der Waals surface area contributed by atoms with Crippen molar-refractivity contribution in [3.63, 3.8) is 0 Å². The first kappa shape index (κ1) is 53.6. The Morgan fingerprint density at radius 1 is 0.188 bits per heavy atom. The second-order valence-corrected chi connectivity index (χ2v) is 28.3. The average Bonchev–Trinajstić information content (AvgIpc) is 1.66. The van der Waals surface area contributed by atoms with E-state index in [4.69, 9.17) is 15.0 Å². The molecule has 0 aliphatic heterocycles. The number of nitrogens with zero attached hydrogens (tertiary/aromatic N) is 6. The smallest absolute Gasteiger partial charge is 0.240 e. The number of para-hydroxylation sites is 3. The highest BCUT2D eigenvalue weighted by molar-refractivity contribution is 7.26. The van der Waals surface area contributed by atoms with Crippen LogP contribution in [0.4, 0.5) is 0 Å². The van der Waals surface area contributed by atoms with Gasteiger partial charge in [-0.05, 0) is 148 Å². The van der Waals surface area contributed by atoms with Gasteiger partial charge in [-0.1, -0.05) is 200 Å². The molecule has 0 aliphatic rings. The van der Waals surface area contributed by atoms with Gasteiger partial charge in [-0.15, -0.1) is 34.0 Å². The van der Waals surface area contributed by atoms with Gasteiger partial charge < -0.3 is 4.57 Å². The van der Waals surface area contributed by atoms with Gasteiger partial charge in [-0.2, -0.15) is 15.0 Å². The van der Waals surface area contributed by atoms with Gasteiger partial charge in [0.1, 0.15) is 0 Å². The largest absolute Gasteiger partial charge is 0.309 e. The zero-order chi connectivity index (χ0) is 62.7. The second kappa shape index (κ2) is 20.8. The number of fused-ring (bicyclic) bond motifs is 18. The van der Waals surface area contributed by atoms with Gasteiger partial charge in [0.15, 0.2) is 5.82 Å². The summed E-state index contributed by atoms with van der Waals surface area (Å²) >= 11 is 5.54. The summed E-state index contributed by atoms with van der Waals surface area (Å²) in [7, 11) is 0. The van der Waals surface area contributed by atoms with Crippen LogP contribution in [-0.4, -0.2) is 28.7 Å². The van der Waals surface area contributed by atoms with Gasteiger partial charge in [0.2, 0.25) is 11.9 Å². The van der Waals surface area contributed by atoms with Crippen LogP contribution in [0.3, 0.4) is 0 Å². The average molecular weight is 1280 g/mol. The van der Waals surface area contributed by atoms with Crippen LogP contribution < -0.4 is 0 Å². The molecule has 96 heavy (non-hydrogen) atoms. The van der Waals surface area contributed by atoms with Crippen molar-refractivity contribution in [1.82, 2.24) is 28.7 Å². The molecular weight excluding hydrogens is 1230 g/mol. The van der Waals surface area contributed by atoms with Crippen molar-refractivity contribution in [2.45, 2.75) is 0 Å².